The normalized spacial score (nSPS) is 19.2. The molecule has 1 spiro atoms. The van der Waals surface area contributed by atoms with E-state index < -0.39 is 23.0 Å². The van der Waals surface area contributed by atoms with Crippen LogP contribution in [0.15, 0.2) is 78.9 Å². The van der Waals surface area contributed by atoms with Crippen LogP contribution in [0.5, 0.6) is 0 Å². The van der Waals surface area contributed by atoms with Crippen LogP contribution in [0, 0.1) is 22.6 Å². The average Bonchev–Trinajstić information content (AvgIpc) is 3.30. The molecule has 2 fully saturated rings. The molecule has 1 aliphatic heterocycles. The van der Waals surface area contributed by atoms with Crippen molar-refractivity contribution in [1.82, 2.24) is 15.0 Å². The summed E-state index contributed by atoms with van der Waals surface area (Å²) < 4.78 is 56.3. The van der Waals surface area contributed by atoms with E-state index in [0.29, 0.717) is 16.4 Å². The highest BCUT2D eigenvalue weighted by Gasteiger charge is 2.70. The predicted molar refractivity (Wildman–Crippen MR) is 172 cm³/mol. The van der Waals surface area contributed by atoms with Crippen LogP contribution in [0.3, 0.4) is 0 Å². The number of imidazole rings is 1. The third kappa shape index (κ3) is 4.56. The standard InChI is InChI=1S/C35H24ClF4N5S/c36-24-8-9-27-30(15-24)46-32(44-27)45-12-10-33(11-13-45)19-34(33,23-6-4-21(5-7-23)22-3-1-2-20(14-22)18-41)31-42-28-16-25(35(38,39)40)26(37)17-29(28)43-31/h1-9,14-17H,10-13,19H2,(H,42,43). The molecule has 0 amide bonds. The Kier molecular flexibility index (Phi) is 6.47. The molecule has 46 heavy (non-hydrogen) atoms. The summed E-state index contributed by atoms with van der Waals surface area (Å²) in [4.78, 5) is 15.0. The van der Waals surface area contributed by atoms with Gasteiger partial charge in [-0.15, -0.1) is 0 Å². The van der Waals surface area contributed by atoms with Crippen molar-refractivity contribution in [1.29, 1.82) is 5.26 Å². The third-order valence-corrected chi connectivity index (χ3v) is 11.0. The minimum Gasteiger partial charge on any atom is -0.348 e. The molecule has 6 aromatic rings. The number of thiazole rings is 1. The number of anilines is 1. The molecule has 1 saturated heterocycles. The molecule has 2 aromatic heterocycles. The topological polar surface area (TPSA) is 68.6 Å². The number of rotatable bonds is 4. The van der Waals surface area contributed by atoms with Crippen molar-refractivity contribution in [3.8, 4) is 17.2 Å². The lowest BCUT2D eigenvalue weighted by Gasteiger charge is -2.35. The SMILES string of the molecule is N#Cc1cccc(-c2ccc(C3(c4nc5cc(F)c(C(F)(F)F)cc5[nH]4)CC34CCN(c3nc5ccc(Cl)cc5s3)CC4)cc2)c1. The number of nitriles is 1. The molecule has 0 bridgehead atoms. The zero-order valence-electron chi connectivity index (χ0n) is 24.1. The number of nitrogens with one attached hydrogen (secondary N) is 1. The fraction of sp³-hybridized carbons (Fsp3) is 0.229. The summed E-state index contributed by atoms with van der Waals surface area (Å²) in [5.74, 6) is -0.796. The third-order valence-electron chi connectivity index (χ3n) is 9.70. The van der Waals surface area contributed by atoms with Gasteiger partial charge in [0.2, 0.25) is 0 Å². The van der Waals surface area contributed by atoms with Crippen molar-refractivity contribution >= 4 is 49.3 Å². The first kappa shape index (κ1) is 29.0. The number of benzene rings is 4. The van der Waals surface area contributed by atoms with Crippen molar-refractivity contribution in [2.45, 2.75) is 30.9 Å². The number of aromatic amines is 1. The van der Waals surface area contributed by atoms with Gasteiger partial charge in [0.25, 0.3) is 0 Å². The van der Waals surface area contributed by atoms with Crippen LogP contribution in [-0.2, 0) is 11.6 Å². The number of hydrogen-bond acceptors (Lipinski definition) is 5. The Morgan fingerprint density at radius 1 is 0.913 bits per heavy atom. The molecular weight excluding hydrogens is 634 g/mol. The molecule has 1 N–H and O–H groups in total. The molecular formula is C35H24ClF4N5S. The zero-order chi connectivity index (χ0) is 31.8. The fourth-order valence-electron chi connectivity index (χ4n) is 7.26. The number of aromatic nitrogens is 3. The second-order valence-corrected chi connectivity index (χ2v) is 13.6. The number of halogens is 5. The number of alkyl halides is 3. The van der Waals surface area contributed by atoms with E-state index in [2.05, 4.69) is 16.0 Å². The van der Waals surface area contributed by atoms with Gasteiger partial charge in [0, 0.05) is 24.2 Å². The van der Waals surface area contributed by atoms with Gasteiger partial charge in [-0.2, -0.15) is 18.4 Å². The van der Waals surface area contributed by atoms with E-state index in [1.165, 1.54) is 0 Å². The van der Waals surface area contributed by atoms with Crippen LogP contribution in [0.2, 0.25) is 5.02 Å². The molecule has 11 heteroatoms. The second kappa shape index (κ2) is 10.3. The highest BCUT2D eigenvalue weighted by Crippen LogP contribution is 2.72. The van der Waals surface area contributed by atoms with E-state index in [9.17, 15) is 22.8 Å². The van der Waals surface area contributed by atoms with E-state index in [-0.39, 0.29) is 16.4 Å². The quantitative estimate of drug-likeness (QED) is 0.192. The van der Waals surface area contributed by atoms with E-state index in [0.717, 1.165) is 76.5 Å². The summed E-state index contributed by atoms with van der Waals surface area (Å²) >= 11 is 7.81. The van der Waals surface area contributed by atoms with Crippen LogP contribution in [0.4, 0.5) is 22.7 Å². The van der Waals surface area contributed by atoms with Gasteiger partial charge in [-0.05, 0) is 77.8 Å². The first-order valence-corrected chi connectivity index (χ1v) is 16.0. The fourth-order valence-corrected chi connectivity index (χ4v) is 8.55. The van der Waals surface area contributed by atoms with Crippen LogP contribution < -0.4 is 4.90 Å². The lowest BCUT2D eigenvalue weighted by atomic mass is 9.79. The molecule has 1 aliphatic carbocycles. The highest BCUT2D eigenvalue weighted by atomic mass is 35.5. The second-order valence-electron chi connectivity index (χ2n) is 12.2. The van der Waals surface area contributed by atoms with Gasteiger partial charge in [0.1, 0.15) is 11.6 Å². The molecule has 1 atom stereocenters. The molecule has 1 saturated carbocycles. The summed E-state index contributed by atoms with van der Waals surface area (Å²) in [5, 5.41) is 11.0. The first-order chi connectivity index (χ1) is 22.1. The van der Waals surface area contributed by atoms with Gasteiger partial charge in [0.05, 0.1) is 43.9 Å². The summed E-state index contributed by atoms with van der Waals surface area (Å²) in [7, 11) is 0. The van der Waals surface area contributed by atoms with Gasteiger partial charge >= 0.3 is 6.18 Å². The number of nitrogens with zero attached hydrogens (tertiary/aromatic N) is 4. The predicted octanol–water partition coefficient (Wildman–Crippen LogP) is 9.50. The summed E-state index contributed by atoms with van der Waals surface area (Å²) in [6, 6.07) is 25.0. The Morgan fingerprint density at radius 2 is 1.70 bits per heavy atom. The first-order valence-electron chi connectivity index (χ1n) is 14.8. The maximum Gasteiger partial charge on any atom is 0.419 e. The number of hydrogen-bond donors (Lipinski definition) is 1. The molecule has 4 aromatic carbocycles. The molecule has 8 rings (SSSR count). The van der Waals surface area contributed by atoms with Gasteiger partial charge in [-0.3, -0.25) is 0 Å². The molecule has 0 radical (unpaired) electrons. The van der Waals surface area contributed by atoms with Crippen molar-refractivity contribution < 1.29 is 17.6 Å². The maximum atomic E-state index is 14.6. The Bertz CT molecular complexity index is 2190. The Balaban J connectivity index is 1.17. The number of H-pyrrole nitrogens is 1. The minimum absolute atomic E-state index is 0.153. The lowest BCUT2D eigenvalue weighted by Crippen LogP contribution is -2.38. The maximum absolute atomic E-state index is 14.6. The largest absolute Gasteiger partial charge is 0.419 e. The summed E-state index contributed by atoms with van der Waals surface area (Å²) in [6.07, 6.45) is -2.44. The van der Waals surface area contributed by atoms with Crippen molar-refractivity contribution in [3.05, 3.63) is 112 Å². The zero-order valence-corrected chi connectivity index (χ0v) is 25.7. The van der Waals surface area contributed by atoms with Crippen molar-refractivity contribution in [2.24, 2.45) is 5.41 Å². The van der Waals surface area contributed by atoms with Crippen LogP contribution in [-0.4, -0.2) is 28.0 Å². The summed E-state index contributed by atoms with van der Waals surface area (Å²) in [6.45, 7) is 1.50. The van der Waals surface area contributed by atoms with Crippen LogP contribution in [0.1, 0.15) is 41.8 Å². The van der Waals surface area contributed by atoms with Crippen molar-refractivity contribution in [3.63, 3.8) is 0 Å². The van der Waals surface area contributed by atoms with Gasteiger partial charge in [-0.25, -0.2) is 14.4 Å². The Hall–Kier alpha value is -4.46. The average molecular weight is 658 g/mol. The van der Waals surface area contributed by atoms with E-state index in [1.54, 1.807) is 17.4 Å². The van der Waals surface area contributed by atoms with Gasteiger partial charge in [-0.1, -0.05) is 59.3 Å². The number of piperidine rings is 1. The molecule has 5 nitrogen and oxygen atoms in total. The molecule has 230 valence electrons. The van der Waals surface area contributed by atoms with Gasteiger partial charge in [0.15, 0.2) is 5.13 Å². The Morgan fingerprint density at radius 3 is 2.43 bits per heavy atom. The molecule has 3 heterocycles. The minimum atomic E-state index is -4.82. The molecule has 2 aliphatic rings. The van der Waals surface area contributed by atoms with Crippen LogP contribution >= 0.6 is 22.9 Å². The monoisotopic (exact) mass is 657 g/mol. The molecule has 1 unspecified atom stereocenters. The smallest absolute Gasteiger partial charge is 0.348 e. The van der Waals surface area contributed by atoms with Crippen LogP contribution in [0.25, 0.3) is 32.4 Å². The van der Waals surface area contributed by atoms with E-state index >= 15 is 0 Å². The Labute approximate surface area is 270 Å². The summed E-state index contributed by atoms with van der Waals surface area (Å²) in [5.41, 5.74) is 2.51. The van der Waals surface area contributed by atoms with E-state index in [1.807, 2.05) is 60.7 Å². The van der Waals surface area contributed by atoms with Gasteiger partial charge < -0.3 is 9.88 Å². The lowest BCUT2D eigenvalue weighted by molar-refractivity contribution is -0.139. The van der Waals surface area contributed by atoms with E-state index in [4.69, 9.17) is 21.6 Å². The van der Waals surface area contributed by atoms with Crippen molar-refractivity contribution in [2.75, 3.05) is 18.0 Å². The number of fused-ring (bicyclic) bond motifs is 2. The highest BCUT2D eigenvalue weighted by molar-refractivity contribution is 7.22.